The number of hydrogen-bond acceptors (Lipinski definition) is 10. The summed E-state index contributed by atoms with van der Waals surface area (Å²) >= 11 is 0. The van der Waals surface area contributed by atoms with Crippen molar-refractivity contribution < 1.29 is 53.8 Å². The molecule has 346 valence electrons. The molecule has 4 N–H and O–H groups in total. The molecular formula is C49H84O11. The Labute approximate surface area is 363 Å². The number of aliphatic hydroxyl groups excluding tert-OH is 3. The fourth-order valence-corrected chi connectivity index (χ4v) is 6.88. The molecule has 6 atom stereocenters. The van der Waals surface area contributed by atoms with Crippen LogP contribution < -0.4 is 0 Å². The Bertz CT molecular complexity index is 1180. The minimum Gasteiger partial charge on any atom is -0.479 e. The second-order valence-corrected chi connectivity index (χ2v) is 16.2. The fourth-order valence-electron chi connectivity index (χ4n) is 6.88. The average molecular weight is 849 g/mol. The van der Waals surface area contributed by atoms with Gasteiger partial charge in [-0.1, -0.05) is 152 Å². The molecule has 0 spiro atoms. The van der Waals surface area contributed by atoms with Crippen LogP contribution in [-0.2, 0) is 33.3 Å². The molecule has 1 saturated heterocycles. The highest BCUT2D eigenvalue weighted by Gasteiger charge is 2.47. The highest BCUT2D eigenvalue weighted by molar-refractivity contribution is 5.73. The summed E-state index contributed by atoms with van der Waals surface area (Å²) in [4.78, 5) is 36.9. The zero-order valence-electron chi connectivity index (χ0n) is 37.4. The van der Waals surface area contributed by atoms with Gasteiger partial charge in [0, 0.05) is 12.8 Å². The predicted molar refractivity (Wildman–Crippen MR) is 238 cm³/mol. The second kappa shape index (κ2) is 39.0. The van der Waals surface area contributed by atoms with E-state index in [0.717, 1.165) is 70.6 Å². The molecule has 6 unspecified atom stereocenters. The van der Waals surface area contributed by atoms with E-state index in [9.17, 15) is 34.8 Å². The van der Waals surface area contributed by atoms with Crippen molar-refractivity contribution in [3.05, 3.63) is 48.6 Å². The van der Waals surface area contributed by atoms with Crippen LogP contribution in [0.4, 0.5) is 0 Å². The lowest BCUT2D eigenvalue weighted by molar-refractivity contribution is -0.298. The van der Waals surface area contributed by atoms with Crippen LogP contribution in [0.5, 0.6) is 0 Å². The maximum atomic E-state index is 12.8. The van der Waals surface area contributed by atoms with Crippen LogP contribution >= 0.6 is 0 Å². The van der Waals surface area contributed by atoms with Crippen LogP contribution in [0.1, 0.15) is 194 Å². The van der Waals surface area contributed by atoms with Gasteiger partial charge in [0.25, 0.3) is 0 Å². The Morgan fingerprint density at radius 1 is 0.517 bits per heavy atom. The predicted octanol–water partition coefficient (Wildman–Crippen LogP) is 10.5. The van der Waals surface area contributed by atoms with Gasteiger partial charge in [-0.15, -0.1) is 0 Å². The van der Waals surface area contributed by atoms with Crippen LogP contribution in [0, 0.1) is 0 Å². The molecular weight excluding hydrogens is 765 g/mol. The normalized spacial score (nSPS) is 20.2. The highest BCUT2D eigenvalue weighted by Crippen LogP contribution is 2.23. The Morgan fingerprint density at radius 3 is 1.38 bits per heavy atom. The average Bonchev–Trinajstić information content (AvgIpc) is 3.23. The number of hydrogen-bond donors (Lipinski definition) is 4. The number of allylic oxidation sites excluding steroid dienone is 8. The first kappa shape index (κ1) is 55.2. The van der Waals surface area contributed by atoms with E-state index < -0.39 is 61.3 Å². The van der Waals surface area contributed by atoms with Gasteiger partial charge in [-0.2, -0.15) is 0 Å². The van der Waals surface area contributed by atoms with Crippen molar-refractivity contribution in [3.8, 4) is 0 Å². The molecule has 1 aliphatic rings. The van der Waals surface area contributed by atoms with Crippen LogP contribution in [-0.4, -0.2) is 88.4 Å². The van der Waals surface area contributed by atoms with Gasteiger partial charge in [0.1, 0.15) is 24.9 Å². The molecule has 11 heteroatoms. The van der Waals surface area contributed by atoms with Crippen LogP contribution in [0.15, 0.2) is 48.6 Å². The van der Waals surface area contributed by atoms with E-state index in [1.165, 1.54) is 83.5 Å². The maximum Gasteiger partial charge on any atom is 0.335 e. The van der Waals surface area contributed by atoms with Gasteiger partial charge in [0.2, 0.25) is 0 Å². The molecule has 0 aromatic heterocycles. The number of carbonyl (C=O) groups excluding carboxylic acids is 2. The van der Waals surface area contributed by atoms with Gasteiger partial charge < -0.3 is 39.4 Å². The topological polar surface area (TPSA) is 169 Å². The van der Waals surface area contributed by atoms with E-state index in [2.05, 4.69) is 62.5 Å². The Balaban J connectivity index is 2.36. The van der Waals surface area contributed by atoms with Crippen molar-refractivity contribution in [2.75, 3.05) is 13.2 Å². The van der Waals surface area contributed by atoms with Crippen LogP contribution in [0.2, 0.25) is 0 Å². The van der Waals surface area contributed by atoms with E-state index in [-0.39, 0.29) is 19.4 Å². The van der Waals surface area contributed by atoms with Crippen molar-refractivity contribution >= 4 is 17.9 Å². The maximum absolute atomic E-state index is 12.8. The number of carboxylic acids is 1. The van der Waals surface area contributed by atoms with Crippen LogP contribution in [0.3, 0.4) is 0 Å². The van der Waals surface area contributed by atoms with Gasteiger partial charge in [-0.25, -0.2) is 4.79 Å². The Kier molecular flexibility index (Phi) is 35.9. The summed E-state index contributed by atoms with van der Waals surface area (Å²) in [6.07, 6.45) is 37.2. The number of rotatable bonds is 39. The van der Waals surface area contributed by atoms with Crippen molar-refractivity contribution in [1.29, 1.82) is 0 Å². The monoisotopic (exact) mass is 849 g/mol. The minimum absolute atomic E-state index is 0.171. The standard InChI is InChI=1S/C49H84O11/c1-3-5-7-9-11-13-15-17-19-21-23-25-27-29-31-33-35-37-42(50)57-39-41(40-58-49-46(54)44(52)45(53)47(60-49)48(55)56)59-43(51)38-36-34-32-30-28-26-24-22-20-18-16-14-12-10-8-6-4-2/h11-14,17-20,41,44-47,49,52-54H,3-10,15-16,21-40H2,1-2H3,(H,55,56)/b13-11-,14-12-,19-17-,20-18-. The Hall–Kier alpha value is -2.83. The molecule has 0 aliphatic carbocycles. The van der Waals surface area contributed by atoms with Gasteiger partial charge in [0.05, 0.1) is 6.61 Å². The first-order chi connectivity index (χ1) is 29.2. The third-order valence-corrected chi connectivity index (χ3v) is 10.7. The summed E-state index contributed by atoms with van der Waals surface area (Å²) in [5.41, 5.74) is 0. The van der Waals surface area contributed by atoms with Crippen molar-refractivity contribution in [2.45, 2.75) is 230 Å². The number of carbonyl (C=O) groups is 3. The van der Waals surface area contributed by atoms with E-state index in [1.807, 2.05) is 0 Å². The van der Waals surface area contributed by atoms with Crippen molar-refractivity contribution in [1.82, 2.24) is 0 Å². The summed E-state index contributed by atoms with van der Waals surface area (Å²) in [5, 5.41) is 39.9. The van der Waals surface area contributed by atoms with Gasteiger partial charge in [0.15, 0.2) is 18.5 Å². The summed E-state index contributed by atoms with van der Waals surface area (Å²) in [6, 6.07) is 0. The molecule has 0 radical (unpaired) electrons. The fraction of sp³-hybridized carbons (Fsp3) is 0.776. The summed E-state index contributed by atoms with van der Waals surface area (Å²) < 4.78 is 21.8. The summed E-state index contributed by atoms with van der Waals surface area (Å²) in [5.74, 6) is -2.46. The second-order valence-electron chi connectivity index (χ2n) is 16.2. The van der Waals surface area contributed by atoms with Gasteiger partial charge >= 0.3 is 17.9 Å². The largest absolute Gasteiger partial charge is 0.479 e. The number of unbranched alkanes of at least 4 members (excludes halogenated alkanes) is 20. The van der Waals surface area contributed by atoms with E-state index in [1.54, 1.807) is 0 Å². The van der Waals surface area contributed by atoms with E-state index >= 15 is 0 Å². The quantitative estimate of drug-likeness (QED) is 0.0264. The molecule has 0 bridgehead atoms. The lowest BCUT2D eigenvalue weighted by Crippen LogP contribution is -2.60. The van der Waals surface area contributed by atoms with Gasteiger partial charge in [-0.05, 0) is 77.0 Å². The van der Waals surface area contributed by atoms with E-state index in [0.29, 0.717) is 12.8 Å². The number of aliphatic carboxylic acids is 1. The van der Waals surface area contributed by atoms with Crippen molar-refractivity contribution in [2.24, 2.45) is 0 Å². The molecule has 0 aromatic carbocycles. The minimum atomic E-state index is -1.86. The number of esters is 2. The molecule has 1 fully saturated rings. The lowest BCUT2D eigenvalue weighted by Gasteiger charge is -2.38. The number of ether oxygens (including phenoxy) is 4. The molecule has 1 aliphatic heterocycles. The molecule has 1 heterocycles. The Morgan fingerprint density at radius 2 is 0.933 bits per heavy atom. The summed E-state index contributed by atoms with van der Waals surface area (Å²) in [7, 11) is 0. The molecule has 0 aromatic rings. The first-order valence-electron chi connectivity index (χ1n) is 23.7. The molecule has 1 rings (SSSR count). The zero-order valence-corrected chi connectivity index (χ0v) is 37.4. The van der Waals surface area contributed by atoms with Crippen LogP contribution in [0.25, 0.3) is 0 Å². The number of aliphatic hydroxyl groups is 3. The van der Waals surface area contributed by atoms with Gasteiger partial charge in [-0.3, -0.25) is 9.59 Å². The zero-order chi connectivity index (χ0) is 43.9. The summed E-state index contributed by atoms with van der Waals surface area (Å²) in [6.45, 7) is 3.75. The molecule has 11 nitrogen and oxygen atoms in total. The SMILES string of the molecule is CCCCC/C=C\C/C=C\CCCCCCCCCC(=O)OCC(COC1OC(C(=O)O)C(O)C(O)C1O)OC(=O)CCCCCCCCC/C=C\C/C=C\CCCCC. The smallest absolute Gasteiger partial charge is 0.335 e. The third kappa shape index (κ3) is 30.2. The molecule has 60 heavy (non-hydrogen) atoms. The lowest BCUT2D eigenvalue weighted by atomic mass is 9.99. The number of carboxylic acid groups (broad SMARTS) is 1. The third-order valence-electron chi connectivity index (χ3n) is 10.7. The van der Waals surface area contributed by atoms with E-state index in [4.69, 9.17) is 18.9 Å². The molecule has 0 amide bonds. The molecule has 0 saturated carbocycles. The van der Waals surface area contributed by atoms with Crippen molar-refractivity contribution in [3.63, 3.8) is 0 Å². The highest BCUT2D eigenvalue weighted by atomic mass is 16.7. The first-order valence-corrected chi connectivity index (χ1v) is 23.7.